The number of benzene rings is 1. The molecule has 6 heteroatoms. The third kappa shape index (κ3) is 4.91. The van der Waals surface area contributed by atoms with E-state index < -0.39 is 0 Å². The maximum absolute atomic E-state index is 11.9. The third-order valence-electron chi connectivity index (χ3n) is 2.86. The second kappa shape index (κ2) is 7.85. The molecular formula is C15H18N2O3S. The van der Waals surface area contributed by atoms with Crippen LogP contribution in [0.4, 0.5) is 0 Å². The molecule has 0 radical (unpaired) electrons. The maximum atomic E-state index is 11.9. The molecule has 0 aliphatic rings. The summed E-state index contributed by atoms with van der Waals surface area (Å²) in [5, 5.41) is 12.0. The fourth-order valence-corrected chi connectivity index (χ4v) is 2.47. The number of oxazole rings is 1. The average molecular weight is 306 g/mol. The Hall–Kier alpha value is -1.79. The van der Waals surface area contributed by atoms with Gasteiger partial charge < -0.3 is 14.8 Å². The number of aliphatic hydroxyl groups excluding tert-OH is 1. The number of carbonyl (C=O) groups excluding carboxylic acids is 1. The fourth-order valence-electron chi connectivity index (χ4n) is 1.71. The Bertz CT molecular complexity index is 571. The largest absolute Gasteiger partial charge is 0.439 e. The van der Waals surface area contributed by atoms with Gasteiger partial charge in [0.25, 0.3) is 11.1 Å². The van der Waals surface area contributed by atoms with E-state index in [2.05, 4.69) is 10.3 Å². The summed E-state index contributed by atoms with van der Waals surface area (Å²) >= 11 is 1.44. The van der Waals surface area contributed by atoms with Crippen molar-refractivity contribution in [1.29, 1.82) is 0 Å². The van der Waals surface area contributed by atoms with Crippen LogP contribution >= 0.6 is 11.8 Å². The number of hydrogen-bond donors (Lipinski definition) is 2. The Morgan fingerprint density at radius 1 is 1.43 bits per heavy atom. The summed E-state index contributed by atoms with van der Waals surface area (Å²) in [4.78, 5) is 16.1. The highest BCUT2D eigenvalue weighted by atomic mass is 32.2. The SMILES string of the molecule is CC(CCO)NC(=O)c1coc(SCc2ccccc2)n1. The second-order valence-electron chi connectivity index (χ2n) is 4.66. The van der Waals surface area contributed by atoms with Crippen molar-refractivity contribution in [3.63, 3.8) is 0 Å². The molecule has 0 fully saturated rings. The van der Waals surface area contributed by atoms with Gasteiger partial charge in [0.1, 0.15) is 6.26 Å². The topological polar surface area (TPSA) is 75.4 Å². The van der Waals surface area contributed by atoms with Gasteiger partial charge in [-0.1, -0.05) is 42.1 Å². The van der Waals surface area contributed by atoms with E-state index in [0.29, 0.717) is 11.6 Å². The predicted molar refractivity (Wildman–Crippen MR) is 81.1 cm³/mol. The van der Waals surface area contributed by atoms with Crippen molar-refractivity contribution in [2.24, 2.45) is 0 Å². The van der Waals surface area contributed by atoms with E-state index in [0.717, 1.165) is 5.75 Å². The van der Waals surface area contributed by atoms with Crippen molar-refractivity contribution >= 4 is 17.7 Å². The zero-order chi connectivity index (χ0) is 15.1. The Morgan fingerprint density at radius 2 is 2.19 bits per heavy atom. The zero-order valence-corrected chi connectivity index (χ0v) is 12.6. The van der Waals surface area contributed by atoms with E-state index in [1.54, 1.807) is 0 Å². The van der Waals surface area contributed by atoms with Gasteiger partial charge in [0.05, 0.1) is 0 Å². The van der Waals surface area contributed by atoms with E-state index in [1.165, 1.54) is 23.6 Å². The molecule has 1 aromatic heterocycles. The van der Waals surface area contributed by atoms with Crippen molar-refractivity contribution in [2.75, 3.05) is 6.61 Å². The van der Waals surface area contributed by atoms with Gasteiger partial charge in [-0.05, 0) is 18.9 Å². The number of aliphatic hydroxyl groups is 1. The molecule has 1 unspecified atom stereocenters. The third-order valence-corrected chi connectivity index (χ3v) is 3.77. The van der Waals surface area contributed by atoms with Crippen LogP contribution in [0.3, 0.4) is 0 Å². The lowest BCUT2D eigenvalue weighted by Crippen LogP contribution is -2.33. The molecule has 1 heterocycles. The lowest BCUT2D eigenvalue weighted by molar-refractivity contribution is 0.0929. The second-order valence-corrected chi connectivity index (χ2v) is 5.59. The van der Waals surface area contributed by atoms with Crippen LogP contribution in [-0.2, 0) is 5.75 Å². The monoisotopic (exact) mass is 306 g/mol. The molecule has 1 atom stereocenters. The minimum Gasteiger partial charge on any atom is -0.439 e. The molecule has 112 valence electrons. The first-order chi connectivity index (χ1) is 10.2. The first kappa shape index (κ1) is 15.6. The molecule has 2 rings (SSSR count). The van der Waals surface area contributed by atoms with E-state index >= 15 is 0 Å². The van der Waals surface area contributed by atoms with Gasteiger partial charge >= 0.3 is 0 Å². The quantitative estimate of drug-likeness (QED) is 0.769. The minimum absolute atomic E-state index is 0.0401. The Labute approximate surface area is 127 Å². The van der Waals surface area contributed by atoms with Crippen LogP contribution < -0.4 is 5.32 Å². The van der Waals surface area contributed by atoms with Crippen LogP contribution in [0, 0.1) is 0 Å². The molecule has 0 aliphatic heterocycles. The van der Waals surface area contributed by atoms with Gasteiger partial charge in [-0.3, -0.25) is 4.79 Å². The summed E-state index contributed by atoms with van der Waals surface area (Å²) in [6, 6.07) is 9.88. The molecule has 0 spiro atoms. The number of amides is 1. The van der Waals surface area contributed by atoms with E-state index in [1.807, 2.05) is 37.3 Å². The normalized spacial score (nSPS) is 12.1. The van der Waals surface area contributed by atoms with E-state index in [4.69, 9.17) is 9.52 Å². The Balaban J connectivity index is 1.87. The number of thioether (sulfide) groups is 1. The molecule has 5 nitrogen and oxygen atoms in total. The molecule has 0 aliphatic carbocycles. The van der Waals surface area contributed by atoms with Crippen molar-refractivity contribution in [1.82, 2.24) is 10.3 Å². The lowest BCUT2D eigenvalue weighted by atomic mass is 10.2. The van der Waals surface area contributed by atoms with E-state index in [9.17, 15) is 4.79 Å². The first-order valence-electron chi connectivity index (χ1n) is 6.73. The van der Waals surface area contributed by atoms with Crippen LogP contribution in [0.5, 0.6) is 0 Å². The highest BCUT2D eigenvalue weighted by Crippen LogP contribution is 2.21. The van der Waals surface area contributed by atoms with Gasteiger partial charge in [-0.15, -0.1) is 0 Å². The number of carbonyl (C=O) groups is 1. The maximum Gasteiger partial charge on any atom is 0.273 e. The van der Waals surface area contributed by atoms with E-state index in [-0.39, 0.29) is 24.2 Å². The fraction of sp³-hybridized carbons (Fsp3) is 0.333. The number of hydrogen-bond acceptors (Lipinski definition) is 5. The zero-order valence-electron chi connectivity index (χ0n) is 11.8. The Kier molecular flexibility index (Phi) is 5.83. The average Bonchev–Trinajstić information content (AvgIpc) is 2.95. The van der Waals surface area contributed by atoms with Crippen molar-refractivity contribution in [3.05, 3.63) is 47.9 Å². The van der Waals surface area contributed by atoms with Gasteiger partial charge in [-0.25, -0.2) is 0 Å². The first-order valence-corrected chi connectivity index (χ1v) is 7.71. The molecule has 2 N–H and O–H groups in total. The van der Waals surface area contributed by atoms with Crippen molar-refractivity contribution < 1.29 is 14.3 Å². The summed E-state index contributed by atoms with van der Waals surface area (Å²) < 4.78 is 5.29. The number of nitrogens with one attached hydrogen (secondary N) is 1. The predicted octanol–water partition coefficient (Wildman–Crippen LogP) is 2.47. The van der Waals surface area contributed by atoms with Gasteiger partial charge in [-0.2, -0.15) is 4.98 Å². The standard InChI is InChI=1S/C15H18N2O3S/c1-11(7-8-18)16-14(19)13-9-20-15(17-13)21-10-12-5-3-2-4-6-12/h2-6,9,11,18H,7-8,10H2,1H3,(H,16,19). The van der Waals surface area contributed by atoms with Crippen LogP contribution in [0.15, 0.2) is 46.2 Å². The highest BCUT2D eigenvalue weighted by Gasteiger charge is 2.14. The van der Waals surface area contributed by atoms with Gasteiger partial charge in [0.2, 0.25) is 0 Å². The smallest absolute Gasteiger partial charge is 0.273 e. The number of aromatic nitrogens is 1. The van der Waals surface area contributed by atoms with Crippen LogP contribution in [0.25, 0.3) is 0 Å². The minimum atomic E-state index is -0.286. The highest BCUT2D eigenvalue weighted by molar-refractivity contribution is 7.98. The van der Waals surface area contributed by atoms with Crippen LogP contribution in [0.2, 0.25) is 0 Å². The molecule has 0 bridgehead atoms. The molecule has 2 aromatic rings. The Morgan fingerprint density at radius 3 is 2.90 bits per heavy atom. The molecular weight excluding hydrogens is 288 g/mol. The van der Waals surface area contributed by atoms with Crippen molar-refractivity contribution in [3.8, 4) is 0 Å². The molecule has 0 saturated heterocycles. The van der Waals surface area contributed by atoms with Crippen LogP contribution in [0.1, 0.15) is 29.4 Å². The molecule has 1 aromatic carbocycles. The summed E-state index contributed by atoms with van der Waals surface area (Å²) in [5.41, 5.74) is 1.43. The summed E-state index contributed by atoms with van der Waals surface area (Å²) in [7, 11) is 0. The summed E-state index contributed by atoms with van der Waals surface area (Å²) in [6.45, 7) is 1.87. The van der Waals surface area contributed by atoms with Crippen LogP contribution in [-0.4, -0.2) is 28.6 Å². The number of rotatable bonds is 7. The summed E-state index contributed by atoms with van der Waals surface area (Å²) in [6.07, 6.45) is 1.87. The van der Waals surface area contributed by atoms with Gasteiger partial charge in [0, 0.05) is 18.4 Å². The van der Waals surface area contributed by atoms with Crippen molar-refractivity contribution in [2.45, 2.75) is 30.4 Å². The molecule has 0 saturated carbocycles. The lowest BCUT2D eigenvalue weighted by Gasteiger charge is -2.10. The van der Waals surface area contributed by atoms with Gasteiger partial charge in [0.15, 0.2) is 5.69 Å². The molecule has 1 amide bonds. The molecule has 21 heavy (non-hydrogen) atoms. The summed E-state index contributed by atoms with van der Waals surface area (Å²) in [5.74, 6) is 0.454. The number of nitrogens with zero attached hydrogens (tertiary/aromatic N) is 1.